The number of anilines is 1. The second-order valence-electron chi connectivity index (χ2n) is 5.46. The third-order valence-electron chi connectivity index (χ3n) is 3.68. The molecule has 0 unspecified atom stereocenters. The first-order valence-electron chi connectivity index (χ1n) is 7.61. The fraction of sp³-hybridized carbons (Fsp3) is 0.375. The topological polar surface area (TPSA) is 99.5 Å². The highest BCUT2D eigenvalue weighted by Gasteiger charge is 2.27. The van der Waals surface area contributed by atoms with Gasteiger partial charge in [-0.05, 0) is 25.5 Å². The number of hydrogen-bond acceptors (Lipinski definition) is 7. The van der Waals surface area contributed by atoms with E-state index in [1.807, 2.05) is 0 Å². The van der Waals surface area contributed by atoms with Crippen LogP contribution in [0.25, 0.3) is 0 Å². The van der Waals surface area contributed by atoms with Gasteiger partial charge in [0, 0.05) is 5.69 Å². The van der Waals surface area contributed by atoms with Crippen LogP contribution in [0.15, 0.2) is 6.07 Å². The van der Waals surface area contributed by atoms with Gasteiger partial charge in [0.1, 0.15) is 22.1 Å². The molecule has 2 aromatic heterocycles. The molecule has 1 amide bonds. The number of esters is 2. The van der Waals surface area contributed by atoms with Gasteiger partial charge in [0.25, 0.3) is 6.43 Å². The molecule has 27 heavy (non-hydrogen) atoms. The smallest absolute Gasteiger partial charge is 0.348 e. The van der Waals surface area contributed by atoms with Crippen molar-refractivity contribution in [1.29, 1.82) is 0 Å². The van der Waals surface area contributed by atoms with Crippen molar-refractivity contribution in [3.8, 4) is 0 Å². The standard InChI is InChI=1S/C16H17F2N3O5S/c1-7-5-9(13(17)18)20-21(7)6-10(22)19-14-11(15(23)25-3)8(2)12(27-14)16(24)26-4/h5,13H,6H2,1-4H3,(H,19,22). The summed E-state index contributed by atoms with van der Waals surface area (Å²) >= 11 is 0.859. The van der Waals surface area contributed by atoms with E-state index in [-0.39, 0.29) is 22.0 Å². The largest absolute Gasteiger partial charge is 0.465 e. The van der Waals surface area contributed by atoms with Gasteiger partial charge in [-0.25, -0.2) is 18.4 Å². The summed E-state index contributed by atoms with van der Waals surface area (Å²) in [5.74, 6) is -2.00. The highest BCUT2D eigenvalue weighted by molar-refractivity contribution is 7.18. The minimum Gasteiger partial charge on any atom is -0.465 e. The maximum atomic E-state index is 12.7. The fourth-order valence-corrected chi connectivity index (χ4v) is 3.47. The Balaban J connectivity index is 2.29. The van der Waals surface area contributed by atoms with Crippen molar-refractivity contribution in [3.05, 3.63) is 33.5 Å². The Kier molecular flexibility index (Phi) is 6.26. The van der Waals surface area contributed by atoms with Gasteiger partial charge in [0.2, 0.25) is 5.91 Å². The van der Waals surface area contributed by atoms with Crippen molar-refractivity contribution >= 4 is 34.2 Å². The average molecular weight is 401 g/mol. The number of thiophene rings is 1. The van der Waals surface area contributed by atoms with Gasteiger partial charge >= 0.3 is 11.9 Å². The quantitative estimate of drug-likeness (QED) is 0.747. The molecule has 146 valence electrons. The van der Waals surface area contributed by atoms with Gasteiger partial charge in [0.05, 0.1) is 19.8 Å². The van der Waals surface area contributed by atoms with Crippen LogP contribution in [0.4, 0.5) is 13.8 Å². The second-order valence-corrected chi connectivity index (χ2v) is 6.48. The first-order chi connectivity index (χ1) is 12.7. The number of carbonyl (C=O) groups excluding carboxylic acids is 3. The molecule has 11 heteroatoms. The molecule has 0 spiro atoms. The number of aromatic nitrogens is 2. The van der Waals surface area contributed by atoms with Crippen LogP contribution in [0.2, 0.25) is 0 Å². The molecule has 0 aliphatic heterocycles. The van der Waals surface area contributed by atoms with E-state index in [1.54, 1.807) is 0 Å². The zero-order valence-corrected chi connectivity index (χ0v) is 15.8. The van der Waals surface area contributed by atoms with Crippen LogP contribution < -0.4 is 5.32 Å². The number of carbonyl (C=O) groups is 3. The summed E-state index contributed by atoms with van der Waals surface area (Å²) < 4.78 is 35.9. The lowest BCUT2D eigenvalue weighted by Gasteiger charge is -2.07. The average Bonchev–Trinajstić information content (AvgIpc) is 3.14. The summed E-state index contributed by atoms with van der Waals surface area (Å²) in [4.78, 5) is 36.3. The molecule has 2 aromatic rings. The van der Waals surface area contributed by atoms with E-state index in [1.165, 1.54) is 34.1 Å². The number of amides is 1. The zero-order valence-electron chi connectivity index (χ0n) is 15.0. The van der Waals surface area contributed by atoms with Crippen LogP contribution in [-0.4, -0.2) is 41.8 Å². The van der Waals surface area contributed by atoms with E-state index in [0.717, 1.165) is 16.0 Å². The second kappa shape index (κ2) is 8.25. The molecule has 2 rings (SSSR count). The normalized spacial score (nSPS) is 10.8. The van der Waals surface area contributed by atoms with Crippen LogP contribution in [0.5, 0.6) is 0 Å². The van der Waals surface area contributed by atoms with Crippen LogP contribution in [0, 0.1) is 13.8 Å². The number of aryl methyl sites for hydroxylation is 1. The number of rotatable bonds is 6. The van der Waals surface area contributed by atoms with Crippen molar-refractivity contribution < 1.29 is 32.6 Å². The van der Waals surface area contributed by atoms with Crippen LogP contribution in [0.3, 0.4) is 0 Å². The van der Waals surface area contributed by atoms with Gasteiger partial charge in [-0.15, -0.1) is 11.3 Å². The van der Waals surface area contributed by atoms with Gasteiger partial charge < -0.3 is 14.8 Å². The predicted octanol–water partition coefficient (Wildman–Crippen LogP) is 2.71. The van der Waals surface area contributed by atoms with E-state index < -0.39 is 30.0 Å². The lowest BCUT2D eigenvalue weighted by Crippen LogP contribution is -2.21. The Bertz CT molecular complexity index is 891. The molecule has 0 radical (unpaired) electrons. The third-order valence-corrected chi connectivity index (χ3v) is 4.86. The highest BCUT2D eigenvalue weighted by atomic mass is 32.1. The Hall–Kier alpha value is -2.82. The summed E-state index contributed by atoms with van der Waals surface area (Å²) in [5.41, 5.74) is 0.285. The van der Waals surface area contributed by atoms with Gasteiger partial charge in [-0.2, -0.15) is 5.10 Å². The van der Waals surface area contributed by atoms with Crippen molar-refractivity contribution in [2.24, 2.45) is 0 Å². The Morgan fingerprint density at radius 2 is 1.85 bits per heavy atom. The van der Waals surface area contributed by atoms with Crippen LogP contribution in [-0.2, 0) is 20.8 Å². The van der Waals surface area contributed by atoms with Gasteiger partial charge in [-0.3, -0.25) is 9.48 Å². The van der Waals surface area contributed by atoms with E-state index in [2.05, 4.69) is 15.2 Å². The number of hydrogen-bond donors (Lipinski definition) is 1. The summed E-state index contributed by atoms with van der Waals surface area (Å²) in [6.45, 7) is 2.72. The Morgan fingerprint density at radius 1 is 1.22 bits per heavy atom. The number of ether oxygens (including phenoxy) is 2. The van der Waals surface area contributed by atoms with E-state index in [4.69, 9.17) is 4.74 Å². The first kappa shape index (κ1) is 20.5. The van der Waals surface area contributed by atoms with E-state index in [9.17, 15) is 23.2 Å². The number of nitrogens with one attached hydrogen (secondary N) is 1. The molecule has 0 saturated carbocycles. The van der Waals surface area contributed by atoms with Crippen molar-refractivity contribution in [3.63, 3.8) is 0 Å². The van der Waals surface area contributed by atoms with E-state index >= 15 is 0 Å². The maximum absolute atomic E-state index is 12.7. The molecular weight excluding hydrogens is 384 g/mol. The van der Waals surface area contributed by atoms with Crippen molar-refractivity contribution in [2.45, 2.75) is 26.8 Å². The number of methoxy groups -OCH3 is 2. The Morgan fingerprint density at radius 3 is 2.37 bits per heavy atom. The monoisotopic (exact) mass is 401 g/mol. The molecule has 2 heterocycles. The van der Waals surface area contributed by atoms with Crippen molar-refractivity contribution in [1.82, 2.24) is 9.78 Å². The maximum Gasteiger partial charge on any atom is 0.348 e. The van der Waals surface area contributed by atoms with E-state index in [0.29, 0.717) is 11.3 Å². The number of nitrogens with zero attached hydrogens (tertiary/aromatic N) is 2. The molecule has 0 aromatic carbocycles. The van der Waals surface area contributed by atoms with Crippen LogP contribution in [0.1, 0.15) is 43.4 Å². The van der Waals surface area contributed by atoms with Crippen LogP contribution >= 0.6 is 11.3 Å². The lowest BCUT2D eigenvalue weighted by atomic mass is 10.1. The molecule has 0 aliphatic rings. The van der Waals surface area contributed by atoms with Gasteiger partial charge in [0.15, 0.2) is 0 Å². The minimum absolute atomic E-state index is 0.0294. The molecule has 0 saturated heterocycles. The number of alkyl halides is 2. The minimum atomic E-state index is -2.75. The highest BCUT2D eigenvalue weighted by Crippen LogP contribution is 2.34. The third kappa shape index (κ3) is 4.30. The molecular formula is C16H17F2N3O5S. The molecule has 0 fully saturated rings. The molecule has 8 nitrogen and oxygen atoms in total. The van der Waals surface area contributed by atoms with Crippen molar-refractivity contribution in [2.75, 3.05) is 19.5 Å². The Labute approximate surface area is 157 Å². The molecule has 0 aliphatic carbocycles. The summed E-state index contributed by atoms with van der Waals surface area (Å²) in [7, 11) is 2.36. The summed E-state index contributed by atoms with van der Waals surface area (Å²) in [5, 5.41) is 6.28. The van der Waals surface area contributed by atoms with Gasteiger partial charge in [-0.1, -0.05) is 0 Å². The molecule has 0 atom stereocenters. The summed E-state index contributed by atoms with van der Waals surface area (Å²) in [6, 6.07) is 1.18. The zero-order chi connectivity index (χ0) is 20.3. The molecule has 1 N–H and O–H groups in total. The lowest BCUT2D eigenvalue weighted by molar-refractivity contribution is -0.116. The SMILES string of the molecule is COC(=O)c1sc(NC(=O)Cn2nc(C(F)F)cc2C)c(C(=O)OC)c1C. The first-order valence-corrected chi connectivity index (χ1v) is 8.43. The predicted molar refractivity (Wildman–Crippen MR) is 92.3 cm³/mol. The summed E-state index contributed by atoms with van der Waals surface area (Å²) in [6.07, 6.45) is -2.75. The fourth-order valence-electron chi connectivity index (χ4n) is 2.34. The molecule has 0 bridgehead atoms. The number of halogens is 2.